The molecular weight excluding hydrogens is 244 g/mol. The Morgan fingerprint density at radius 1 is 1.41 bits per heavy atom. The zero-order valence-corrected chi connectivity index (χ0v) is 10.5. The number of ether oxygens (including phenoxy) is 2. The van der Waals surface area contributed by atoms with Gasteiger partial charge in [-0.2, -0.15) is 0 Å². The molecule has 6 nitrogen and oxygen atoms in total. The maximum atomic E-state index is 11.0. The summed E-state index contributed by atoms with van der Waals surface area (Å²) in [5, 5.41) is 0. The molecule has 1 saturated carbocycles. The third kappa shape index (κ3) is 3.48. The Hall–Kier alpha value is -1.50. The van der Waals surface area contributed by atoms with E-state index in [1.54, 1.807) is 0 Å². The van der Waals surface area contributed by atoms with E-state index in [0.717, 1.165) is 19.1 Å². The van der Waals surface area contributed by atoms with Crippen LogP contribution in [0.5, 0.6) is 11.5 Å². The molecule has 0 bridgehead atoms. The number of nitrogens with zero attached hydrogens (tertiary/aromatic N) is 1. The molecule has 0 aliphatic heterocycles. The first-order chi connectivity index (χ1) is 7.98. The molecule has 1 aromatic heterocycles. The van der Waals surface area contributed by atoms with Gasteiger partial charge in [0, 0.05) is 6.07 Å². The van der Waals surface area contributed by atoms with E-state index in [1.165, 1.54) is 19.4 Å². The quantitative estimate of drug-likeness (QED) is 0.852. The fraction of sp³-hybridized carbons (Fsp3) is 0.500. The number of pyridine rings is 1. The molecule has 1 aliphatic rings. The minimum Gasteiger partial charge on any atom is -0.493 e. The Bertz CT molecular complexity index is 511. The van der Waals surface area contributed by atoms with E-state index in [0.29, 0.717) is 11.5 Å². The third-order valence-corrected chi connectivity index (χ3v) is 2.74. The van der Waals surface area contributed by atoms with Crippen molar-refractivity contribution in [2.45, 2.75) is 18.9 Å². The number of methoxy groups -OCH3 is 1. The zero-order valence-electron chi connectivity index (χ0n) is 9.63. The molecule has 1 aromatic rings. The van der Waals surface area contributed by atoms with Gasteiger partial charge < -0.3 is 9.47 Å². The highest BCUT2D eigenvalue weighted by atomic mass is 32.2. The molecule has 1 heterocycles. The summed E-state index contributed by atoms with van der Waals surface area (Å²) < 4.78 is 35.1. The maximum Gasteiger partial charge on any atom is 0.230 e. The Morgan fingerprint density at radius 2 is 2.12 bits per heavy atom. The third-order valence-electron chi connectivity index (χ3n) is 2.16. The number of hydrogen-bond donors (Lipinski definition) is 1. The van der Waals surface area contributed by atoms with Crippen molar-refractivity contribution in [1.82, 2.24) is 4.98 Å². The molecule has 1 fully saturated rings. The first-order valence-corrected chi connectivity index (χ1v) is 7.05. The Kier molecular flexibility index (Phi) is 3.10. The van der Waals surface area contributed by atoms with Gasteiger partial charge in [-0.1, -0.05) is 0 Å². The number of anilines is 1. The highest BCUT2D eigenvalue weighted by Gasteiger charge is 2.25. The summed E-state index contributed by atoms with van der Waals surface area (Å²) in [7, 11) is -1.84. The highest BCUT2D eigenvalue weighted by molar-refractivity contribution is 7.92. The smallest absolute Gasteiger partial charge is 0.230 e. The van der Waals surface area contributed by atoms with E-state index >= 15 is 0 Å². The van der Waals surface area contributed by atoms with Crippen LogP contribution in [0.15, 0.2) is 12.3 Å². The van der Waals surface area contributed by atoms with Gasteiger partial charge in [-0.05, 0) is 12.8 Å². The first kappa shape index (κ1) is 12.0. The van der Waals surface area contributed by atoms with Crippen molar-refractivity contribution in [1.29, 1.82) is 0 Å². The number of nitrogens with one attached hydrogen (secondary N) is 1. The van der Waals surface area contributed by atoms with Crippen LogP contribution in [-0.2, 0) is 10.0 Å². The van der Waals surface area contributed by atoms with Gasteiger partial charge >= 0.3 is 0 Å². The summed E-state index contributed by atoms with van der Waals surface area (Å²) in [5.41, 5.74) is 0. The molecule has 94 valence electrons. The molecule has 2 rings (SSSR count). The molecule has 0 aromatic carbocycles. The fourth-order valence-corrected chi connectivity index (χ4v) is 1.78. The van der Waals surface area contributed by atoms with E-state index < -0.39 is 10.0 Å². The summed E-state index contributed by atoms with van der Waals surface area (Å²) in [6, 6.07) is 1.50. The highest BCUT2D eigenvalue weighted by Crippen LogP contribution is 2.34. The summed E-state index contributed by atoms with van der Waals surface area (Å²) in [6.45, 7) is 0. The van der Waals surface area contributed by atoms with Crippen LogP contribution in [0.4, 0.5) is 5.82 Å². The van der Waals surface area contributed by atoms with E-state index in [9.17, 15) is 8.42 Å². The molecule has 7 heteroatoms. The van der Waals surface area contributed by atoms with Gasteiger partial charge in [0.05, 0.1) is 25.7 Å². The van der Waals surface area contributed by atoms with Crippen LogP contribution < -0.4 is 14.2 Å². The molecule has 17 heavy (non-hydrogen) atoms. The SMILES string of the molecule is COc1cc(NS(C)(=O)=O)ncc1OC1CC1. The fourth-order valence-electron chi connectivity index (χ4n) is 1.28. The molecule has 0 atom stereocenters. The van der Waals surface area contributed by atoms with Crippen molar-refractivity contribution in [2.24, 2.45) is 0 Å². The van der Waals surface area contributed by atoms with Crippen LogP contribution >= 0.6 is 0 Å². The van der Waals surface area contributed by atoms with Crippen LogP contribution in [-0.4, -0.2) is 32.9 Å². The van der Waals surface area contributed by atoms with Crippen molar-refractivity contribution >= 4 is 15.8 Å². The predicted molar refractivity (Wildman–Crippen MR) is 62.9 cm³/mol. The monoisotopic (exact) mass is 258 g/mol. The molecule has 1 aliphatic carbocycles. The minimum atomic E-state index is -3.33. The maximum absolute atomic E-state index is 11.0. The average Bonchev–Trinajstić information content (AvgIpc) is 3.02. The largest absolute Gasteiger partial charge is 0.493 e. The topological polar surface area (TPSA) is 77.5 Å². The lowest BCUT2D eigenvalue weighted by Crippen LogP contribution is -2.11. The molecule has 0 spiro atoms. The lowest BCUT2D eigenvalue weighted by molar-refractivity contribution is 0.281. The number of hydrogen-bond acceptors (Lipinski definition) is 5. The Labute approximate surface area is 100 Å². The molecule has 0 unspecified atom stereocenters. The Morgan fingerprint density at radius 3 is 2.65 bits per heavy atom. The number of sulfonamides is 1. The molecule has 0 saturated heterocycles. The summed E-state index contributed by atoms with van der Waals surface area (Å²) in [4.78, 5) is 3.96. The van der Waals surface area contributed by atoms with E-state index in [2.05, 4.69) is 9.71 Å². The second-order valence-electron chi connectivity index (χ2n) is 3.91. The van der Waals surface area contributed by atoms with Gasteiger partial charge in [-0.15, -0.1) is 0 Å². The van der Waals surface area contributed by atoms with E-state index in [1.807, 2.05) is 0 Å². The van der Waals surface area contributed by atoms with Gasteiger partial charge in [0.25, 0.3) is 0 Å². The molecular formula is C10H14N2O4S. The lowest BCUT2D eigenvalue weighted by Gasteiger charge is -2.11. The van der Waals surface area contributed by atoms with Crippen molar-refractivity contribution < 1.29 is 17.9 Å². The minimum absolute atomic E-state index is 0.215. The zero-order chi connectivity index (χ0) is 12.5. The molecule has 1 N–H and O–H groups in total. The number of aromatic nitrogens is 1. The normalized spacial score (nSPS) is 15.4. The summed E-state index contributed by atoms with van der Waals surface area (Å²) in [6.07, 6.45) is 4.83. The summed E-state index contributed by atoms with van der Waals surface area (Å²) in [5.74, 6) is 1.22. The van der Waals surface area contributed by atoms with Crippen LogP contribution in [0.2, 0.25) is 0 Å². The van der Waals surface area contributed by atoms with Gasteiger partial charge in [0.1, 0.15) is 5.82 Å². The van der Waals surface area contributed by atoms with Crippen LogP contribution in [0.1, 0.15) is 12.8 Å². The first-order valence-electron chi connectivity index (χ1n) is 5.16. The van der Waals surface area contributed by atoms with Crippen molar-refractivity contribution in [3.63, 3.8) is 0 Å². The molecule has 0 radical (unpaired) electrons. The van der Waals surface area contributed by atoms with Crippen molar-refractivity contribution in [3.8, 4) is 11.5 Å². The second kappa shape index (κ2) is 4.40. The van der Waals surface area contributed by atoms with Gasteiger partial charge in [0.15, 0.2) is 11.5 Å². The van der Waals surface area contributed by atoms with Crippen LogP contribution in [0.3, 0.4) is 0 Å². The van der Waals surface area contributed by atoms with Gasteiger partial charge in [-0.25, -0.2) is 13.4 Å². The van der Waals surface area contributed by atoms with Crippen molar-refractivity contribution in [2.75, 3.05) is 18.1 Å². The average molecular weight is 258 g/mol. The number of rotatable bonds is 5. The van der Waals surface area contributed by atoms with Crippen molar-refractivity contribution in [3.05, 3.63) is 12.3 Å². The van der Waals surface area contributed by atoms with E-state index in [-0.39, 0.29) is 11.9 Å². The second-order valence-corrected chi connectivity index (χ2v) is 5.66. The van der Waals surface area contributed by atoms with Crippen LogP contribution in [0.25, 0.3) is 0 Å². The molecule has 0 amide bonds. The summed E-state index contributed by atoms with van der Waals surface area (Å²) >= 11 is 0. The van der Waals surface area contributed by atoms with Gasteiger partial charge in [0.2, 0.25) is 10.0 Å². The standard InChI is InChI=1S/C10H14N2O4S/c1-15-8-5-10(12-17(2,13)14)11-6-9(8)16-7-3-4-7/h5-7H,3-4H2,1-2H3,(H,11,12). The van der Waals surface area contributed by atoms with Crippen LogP contribution in [0, 0.1) is 0 Å². The predicted octanol–water partition coefficient (Wildman–Crippen LogP) is 1.00. The lowest BCUT2D eigenvalue weighted by atomic mass is 10.4. The van der Waals surface area contributed by atoms with E-state index in [4.69, 9.17) is 9.47 Å². The Balaban J connectivity index is 2.20. The van der Waals surface area contributed by atoms with Gasteiger partial charge in [-0.3, -0.25) is 4.72 Å².